The van der Waals surface area contributed by atoms with Crippen LogP contribution in [0.3, 0.4) is 0 Å². The number of fused-ring (bicyclic) bond motifs is 1. The van der Waals surface area contributed by atoms with E-state index in [1.165, 1.54) is 0 Å². The third-order valence-electron chi connectivity index (χ3n) is 1.20. The highest BCUT2D eigenvalue weighted by Gasteiger charge is 2.12. The van der Waals surface area contributed by atoms with E-state index in [9.17, 15) is 0 Å². The number of hydrogen-bond acceptors (Lipinski definition) is 4. The highest BCUT2D eigenvalue weighted by atomic mass is 32.2. The summed E-state index contributed by atoms with van der Waals surface area (Å²) in [5, 5.41) is 0. The van der Waals surface area contributed by atoms with Crippen molar-refractivity contribution in [3.8, 4) is 0 Å². The molecule has 0 aromatic rings. The summed E-state index contributed by atoms with van der Waals surface area (Å²) in [6, 6.07) is 0. The van der Waals surface area contributed by atoms with Crippen LogP contribution in [0.25, 0.3) is 0 Å². The Balaban J connectivity index is 2.42. The molecule has 10 heavy (non-hydrogen) atoms. The molecule has 0 aliphatic carbocycles. The molecule has 4 heteroatoms. The van der Waals surface area contributed by atoms with Gasteiger partial charge in [-0.25, -0.2) is 4.99 Å². The second-order valence-corrected chi connectivity index (χ2v) is 2.81. The highest BCUT2D eigenvalue weighted by molar-refractivity contribution is 8.04. The van der Waals surface area contributed by atoms with E-state index >= 15 is 0 Å². The van der Waals surface area contributed by atoms with Crippen molar-refractivity contribution < 1.29 is 0 Å². The summed E-state index contributed by atoms with van der Waals surface area (Å²) >= 11 is 1.67. The minimum absolute atomic E-state index is 0.786. The average Bonchev–Trinajstić information content (AvgIpc) is 2.28. The molecule has 0 N–H and O–H groups in total. The summed E-state index contributed by atoms with van der Waals surface area (Å²) < 4.78 is 0. The number of aliphatic imine (C=N–C) groups is 3. The summed E-state index contributed by atoms with van der Waals surface area (Å²) in [5.74, 6) is 1.61. The minimum atomic E-state index is 0.786. The molecule has 0 atom stereocenters. The molecule has 2 aliphatic heterocycles. The van der Waals surface area contributed by atoms with Gasteiger partial charge in [0, 0.05) is 18.6 Å². The van der Waals surface area contributed by atoms with Crippen LogP contribution in [0.2, 0.25) is 0 Å². The van der Waals surface area contributed by atoms with Gasteiger partial charge in [0.05, 0.1) is 10.8 Å². The lowest BCUT2D eigenvalue weighted by molar-refractivity contribution is 1.38. The Labute approximate surface area is 62.7 Å². The fourth-order valence-electron chi connectivity index (χ4n) is 0.758. The van der Waals surface area contributed by atoms with Gasteiger partial charge in [0.15, 0.2) is 5.84 Å². The Bertz CT molecular complexity index is 262. The second kappa shape index (κ2) is 2.38. The highest BCUT2D eigenvalue weighted by Crippen LogP contribution is 2.25. The lowest BCUT2D eigenvalue weighted by Crippen LogP contribution is -1.88. The van der Waals surface area contributed by atoms with Crippen molar-refractivity contribution >= 4 is 30.0 Å². The van der Waals surface area contributed by atoms with Gasteiger partial charge in [-0.15, -0.1) is 0 Å². The Kier molecular flexibility index (Phi) is 1.39. The van der Waals surface area contributed by atoms with E-state index in [4.69, 9.17) is 0 Å². The first-order chi connectivity index (χ1) is 4.97. The molecular formula is C6H5N3S. The number of amidine groups is 1. The molecule has 0 aromatic carbocycles. The fraction of sp³-hybridized carbons (Fsp3) is 0.167. The van der Waals surface area contributed by atoms with Crippen molar-refractivity contribution in [2.24, 2.45) is 15.0 Å². The van der Waals surface area contributed by atoms with Crippen molar-refractivity contribution in [2.75, 3.05) is 5.88 Å². The first-order valence-corrected chi connectivity index (χ1v) is 3.89. The summed E-state index contributed by atoms with van der Waals surface area (Å²) in [6.45, 7) is 0. The largest absolute Gasteiger partial charge is 0.262 e. The third kappa shape index (κ3) is 0.903. The Hall–Kier alpha value is -0.900. The van der Waals surface area contributed by atoms with Gasteiger partial charge in [-0.2, -0.15) is 0 Å². The van der Waals surface area contributed by atoms with Crippen LogP contribution in [0.4, 0.5) is 0 Å². The smallest absolute Gasteiger partial charge is 0.163 e. The predicted octanol–water partition coefficient (Wildman–Crippen LogP) is 1.09. The third-order valence-corrected chi connectivity index (χ3v) is 2.05. The zero-order valence-electron chi connectivity index (χ0n) is 5.19. The van der Waals surface area contributed by atoms with Gasteiger partial charge < -0.3 is 0 Å². The van der Waals surface area contributed by atoms with E-state index in [0.717, 1.165) is 16.6 Å². The molecule has 0 fully saturated rings. The molecule has 0 saturated carbocycles. The Morgan fingerprint density at radius 3 is 3.40 bits per heavy atom. The lowest BCUT2D eigenvalue weighted by Gasteiger charge is -1.88. The van der Waals surface area contributed by atoms with Gasteiger partial charge in [0.1, 0.15) is 0 Å². The van der Waals surface area contributed by atoms with Crippen LogP contribution in [0, 0.1) is 0 Å². The summed E-state index contributed by atoms with van der Waals surface area (Å²) in [7, 11) is 0. The van der Waals surface area contributed by atoms with Gasteiger partial charge in [0.25, 0.3) is 0 Å². The maximum absolute atomic E-state index is 4.15. The molecule has 3 nitrogen and oxygen atoms in total. The Morgan fingerprint density at radius 1 is 1.40 bits per heavy atom. The van der Waals surface area contributed by atoms with E-state index in [1.807, 2.05) is 0 Å². The van der Waals surface area contributed by atoms with Gasteiger partial charge in [-0.1, -0.05) is 11.8 Å². The molecule has 0 spiro atoms. The normalized spacial score (nSPS) is 21.6. The SMILES string of the molecule is C1=NC=C2SCN=C2N=C1. The van der Waals surface area contributed by atoms with Crippen molar-refractivity contribution in [2.45, 2.75) is 0 Å². The summed E-state index contributed by atoms with van der Waals surface area (Å²) in [6.07, 6.45) is 5.12. The van der Waals surface area contributed by atoms with Gasteiger partial charge >= 0.3 is 0 Å². The quantitative estimate of drug-likeness (QED) is 0.510. The molecule has 0 aromatic heterocycles. The van der Waals surface area contributed by atoms with Crippen LogP contribution in [-0.4, -0.2) is 24.1 Å². The standard InChI is InChI=1S/C6H5N3S/c1-2-8-6-5(3-7-1)10-4-9-6/h1-3H,4H2. The molecule has 0 amide bonds. The first kappa shape index (κ1) is 5.85. The summed E-state index contributed by atoms with van der Waals surface area (Å²) in [4.78, 5) is 13.3. The zero-order chi connectivity index (χ0) is 6.81. The van der Waals surface area contributed by atoms with Crippen LogP contribution in [0.1, 0.15) is 0 Å². The van der Waals surface area contributed by atoms with E-state index in [2.05, 4.69) is 15.0 Å². The minimum Gasteiger partial charge on any atom is -0.262 e. The topological polar surface area (TPSA) is 37.1 Å². The number of nitrogens with zero attached hydrogens (tertiary/aromatic N) is 3. The van der Waals surface area contributed by atoms with E-state index in [0.29, 0.717) is 0 Å². The Morgan fingerprint density at radius 2 is 2.40 bits per heavy atom. The molecule has 0 bridgehead atoms. The van der Waals surface area contributed by atoms with Crippen LogP contribution >= 0.6 is 11.8 Å². The maximum atomic E-state index is 4.15. The van der Waals surface area contributed by atoms with Crippen molar-refractivity contribution in [1.82, 2.24) is 0 Å². The van der Waals surface area contributed by atoms with Gasteiger partial charge in [-0.05, 0) is 0 Å². The zero-order valence-corrected chi connectivity index (χ0v) is 6.01. The first-order valence-electron chi connectivity index (χ1n) is 2.90. The van der Waals surface area contributed by atoms with Gasteiger partial charge in [-0.3, -0.25) is 9.98 Å². The van der Waals surface area contributed by atoms with Crippen LogP contribution in [0.5, 0.6) is 0 Å². The van der Waals surface area contributed by atoms with Crippen molar-refractivity contribution in [3.05, 3.63) is 11.1 Å². The molecule has 2 aliphatic rings. The fourth-order valence-corrected chi connectivity index (χ4v) is 1.47. The van der Waals surface area contributed by atoms with Crippen LogP contribution in [-0.2, 0) is 0 Å². The molecule has 0 saturated heterocycles. The average molecular weight is 151 g/mol. The number of hydrogen-bond donors (Lipinski definition) is 0. The maximum Gasteiger partial charge on any atom is 0.163 e. The second-order valence-electron chi connectivity index (χ2n) is 1.82. The van der Waals surface area contributed by atoms with Crippen LogP contribution < -0.4 is 0 Å². The predicted molar refractivity (Wildman–Crippen MR) is 45.0 cm³/mol. The van der Waals surface area contributed by atoms with E-state index in [1.54, 1.807) is 30.4 Å². The van der Waals surface area contributed by atoms with Gasteiger partial charge in [0.2, 0.25) is 0 Å². The monoisotopic (exact) mass is 151 g/mol. The molecule has 0 radical (unpaired) electrons. The molecule has 50 valence electrons. The molecular weight excluding hydrogens is 146 g/mol. The summed E-state index contributed by atoms with van der Waals surface area (Å²) in [5.41, 5.74) is 0. The van der Waals surface area contributed by atoms with Crippen LogP contribution in [0.15, 0.2) is 26.1 Å². The lowest BCUT2D eigenvalue weighted by atomic mass is 10.5. The van der Waals surface area contributed by atoms with Crippen molar-refractivity contribution in [1.29, 1.82) is 0 Å². The number of thioether (sulfide) groups is 1. The van der Waals surface area contributed by atoms with E-state index in [-0.39, 0.29) is 0 Å². The number of rotatable bonds is 0. The molecule has 2 rings (SSSR count). The van der Waals surface area contributed by atoms with Crippen molar-refractivity contribution in [3.63, 3.8) is 0 Å². The molecule has 2 heterocycles. The van der Waals surface area contributed by atoms with E-state index < -0.39 is 0 Å². The molecule has 0 unspecified atom stereocenters.